The number of halogens is 1. The van der Waals surface area contributed by atoms with Gasteiger partial charge in [-0.05, 0) is 42.8 Å². The molecule has 3 rings (SSSR count). The first-order valence-corrected chi connectivity index (χ1v) is 7.08. The van der Waals surface area contributed by atoms with Crippen LogP contribution in [0.15, 0.2) is 36.4 Å². The van der Waals surface area contributed by atoms with Crippen LogP contribution in [0.4, 0.5) is 15.2 Å². The molecule has 4 nitrogen and oxygen atoms in total. The smallest absolute Gasteiger partial charge is 0.255 e. The Labute approximate surface area is 124 Å². The normalized spacial score (nSPS) is 10.8. The molecular formula is C15H12FN3OS. The van der Waals surface area contributed by atoms with E-state index in [1.54, 1.807) is 37.3 Å². The number of carbonyl (C=O) groups is 1. The number of benzene rings is 2. The Hall–Kier alpha value is -2.47. The Balaban J connectivity index is 1.89. The van der Waals surface area contributed by atoms with E-state index in [4.69, 9.17) is 5.73 Å². The van der Waals surface area contributed by atoms with Crippen LogP contribution in [0.3, 0.4) is 0 Å². The van der Waals surface area contributed by atoms with Crippen LogP contribution >= 0.6 is 11.3 Å². The second-order valence-electron chi connectivity index (χ2n) is 4.67. The van der Waals surface area contributed by atoms with Crippen molar-refractivity contribution in [3.63, 3.8) is 0 Å². The number of carbonyl (C=O) groups excluding carboxylic acids is 1. The monoisotopic (exact) mass is 301 g/mol. The first-order valence-electron chi connectivity index (χ1n) is 6.26. The topological polar surface area (TPSA) is 68.0 Å². The van der Waals surface area contributed by atoms with Crippen LogP contribution in [0, 0.1) is 12.7 Å². The van der Waals surface area contributed by atoms with Crippen molar-refractivity contribution in [3.05, 3.63) is 53.3 Å². The number of aryl methyl sites for hydroxylation is 1. The molecule has 0 fully saturated rings. The first-order chi connectivity index (χ1) is 10.0. The number of thiazole rings is 1. The van der Waals surface area contributed by atoms with Crippen LogP contribution in [-0.4, -0.2) is 10.9 Å². The van der Waals surface area contributed by atoms with Gasteiger partial charge in [-0.15, -0.1) is 0 Å². The molecule has 0 spiro atoms. The molecule has 2 aromatic carbocycles. The van der Waals surface area contributed by atoms with E-state index in [0.717, 1.165) is 15.8 Å². The fourth-order valence-corrected chi connectivity index (χ4v) is 2.77. The van der Waals surface area contributed by atoms with Crippen molar-refractivity contribution in [2.75, 3.05) is 11.1 Å². The molecule has 0 saturated carbocycles. The third-order valence-electron chi connectivity index (χ3n) is 3.04. The van der Waals surface area contributed by atoms with Gasteiger partial charge in [0.25, 0.3) is 5.91 Å². The van der Waals surface area contributed by atoms with E-state index in [-0.39, 0.29) is 11.6 Å². The number of nitrogens with zero attached hydrogens (tertiary/aromatic N) is 1. The summed E-state index contributed by atoms with van der Waals surface area (Å²) >= 11 is 1.31. The van der Waals surface area contributed by atoms with Crippen molar-refractivity contribution >= 4 is 38.3 Å². The van der Waals surface area contributed by atoms with E-state index in [9.17, 15) is 9.18 Å². The molecule has 0 aliphatic carbocycles. The Morgan fingerprint density at radius 2 is 2.10 bits per heavy atom. The summed E-state index contributed by atoms with van der Waals surface area (Å²) < 4.78 is 14.6. The van der Waals surface area contributed by atoms with Crippen LogP contribution in [-0.2, 0) is 0 Å². The lowest BCUT2D eigenvalue weighted by molar-refractivity contribution is 0.102. The molecule has 6 heteroatoms. The van der Waals surface area contributed by atoms with Crippen molar-refractivity contribution in [2.24, 2.45) is 0 Å². The predicted molar refractivity (Wildman–Crippen MR) is 83.1 cm³/mol. The zero-order valence-corrected chi connectivity index (χ0v) is 12.0. The van der Waals surface area contributed by atoms with Crippen molar-refractivity contribution in [3.8, 4) is 0 Å². The molecule has 0 aliphatic heterocycles. The highest BCUT2D eigenvalue weighted by molar-refractivity contribution is 7.22. The van der Waals surface area contributed by atoms with Gasteiger partial charge in [0, 0.05) is 5.56 Å². The van der Waals surface area contributed by atoms with E-state index in [1.807, 2.05) is 0 Å². The molecule has 1 aromatic heterocycles. The standard InChI is InChI=1S/C15H12FN3OS/c1-8-2-4-11(10(16)6-8)18-14(20)9-3-5-12-13(7-9)21-15(17)19-12/h2-7H,1H3,(H2,17,19)(H,18,20). The van der Waals surface area contributed by atoms with Gasteiger partial charge >= 0.3 is 0 Å². The minimum atomic E-state index is -0.452. The zero-order chi connectivity index (χ0) is 15.0. The maximum Gasteiger partial charge on any atom is 0.255 e. The zero-order valence-electron chi connectivity index (χ0n) is 11.2. The molecule has 21 heavy (non-hydrogen) atoms. The largest absolute Gasteiger partial charge is 0.375 e. The molecule has 3 N–H and O–H groups in total. The average Bonchev–Trinajstić information content (AvgIpc) is 2.80. The first kappa shape index (κ1) is 13.5. The predicted octanol–water partition coefficient (Wildman–Crippen LogP) is 3.58. The van der Waals surface area contributed by atoms with Crippen molar-refractivity contribution in [1.82, 2.24) is 4.98 Å². The minimum Gasteiger partial charge on any atom is -0.375 e. The van der Waals surface area contributed by atoms with E-state index in [0.29, 0.717) is 10.7 Å². The van der Waals surface area contributed by atoms with Gasteiger partial charge in [0.05, 0.1) is 15.9 Å². The van der Waals surface area contributed by atoms with Crippen molar-refractivity contribution in [2.45, 2.75) is 6.92 Å². The number of aromatic nitrogens is 1. The third kappa shape index (κ3) is 2.71. The van der Waals surface area contributed by atoms with Gasteiger partial charge in [-0.1, -0.05) is 17.4 Å². The highest BCUT2D eigenvalue weighted by Crippen LogP contribution is 2.25. The molecule has 1 amide bonds. The molecule has 0 aliphatic rings. The van der Waals surface area contributed by atoms with E-state index < -0.39 is 5.82 Å². The van der Waals surface area contributed by atoms with Gasteiger partial charge < -0.3 is 11.1 Å². The quantitative estimate of drug-likeness (QED) is 0.760. The number of nitrogen functional groups attached to an aromatic ring is 1. The molecular weight excluding hydrogens is 289 g/mol. The fraction of sp³-hybridized carbons (Fsp3) is 0.0667. The van der Waals surface area contributed by atoms with E-state index >= 15 is 0 Å². The van der Waals surface area contributed by atoms with Gasteiger partial charge in [-0.3, -0.25) is 4.79 Å². The number of anilines is 2. The third-order valence-corrected chi connectivity index (χ3v) is 3.89. The number of nitrogens with one attached hydrogen (secondary N) is 1. The Morgan fingerprint density at radius 3 is 2.86 bits per heavy atom. The van der Waals surface area contributed by atoms with Gasteiger partial charge in [0.1, 0.15) is 5.82 Å². The molecule has 0 unspecified atom stereocenters. The van der Waals surface area contributed by atoms with Gasteiger partial charge in [0.2, 0.25) is 0 Å². The van der Waals surface area contributed by atoms with Crippen LogP contribution < -0.4 is 11.1 Å². The summed E-state index contributed by atoms with van der Waals surface area (Å²) in [4.78, 5) is 16.3. The van der Waals surface area contributed by atoms with Gasteiger partial charge in [-0.2, -0.15) is 0 Å². The summed E-state index contributed by atoms with van der Waals surface area (Å²) in [6, 6.07) is 9.73. The fourth-order valence-electron chi connectivity index (χ4n) is 2.00. The Kier molecular flexibility index (Phi) is 3.31. The summed E-state index contributed by atoms with van der Waals surface area (Å²) in [5, 5.41) is 3.02. The SMILES string of the molecule is Cc1ccc(NC(=O)c2ccc3nc(N)sc3c2)c(F)c1. The second-order valence-corrected chi connectivity index (χ2v) is 5.73. The number of hydrogen-bond acceptors (Lipinski definition) is 4. The molecule has 106 valence electrons. The lowest BCUT2D eigenvalue weighted by Crippen LogP contribution is -2.12. The Morgan fingerprint density at radius 1 is 1.29 bits per heavy atom. The molecule has 0 bridgehead atoms. The second kappa shape index (κ2) is 5.14. The maximum absolute atomic E-state index is 13.7. The van der Waals surface area contributed by atoms with Crippen LogP contribution in [0.2, 0.25) is 0 Å². The van der Waals surface area contributed by atoms with Gasteiger partial charge in [0.15, 0.2) is 5.13 Å². The summed E-state index contributed by atoms with van der Waals surface area (Å²) in [5.74, 6) is -0.821. The molecule has 0 atom stereocenters. The maximum atomic E-state index is 13.7. The minimum absolute atomic E-state index is 0.162. The molecule has 0 radical (unpaired) electrons. The molecule has 1 heterocycles. The summed E-state index contributed by atoms with van der Waals surface area (Å²) in [6.45, 7) is 1.79. The number of fused-ring (bicyclic) bond motifs is 1. The summed E-state index contributed by atoms with van der Waals surface area (Å²) in [7, 11) is 0. The van der Waals surface area contributed by atoms with Crippen LogP contribution in [0.1, 0.15) is 15.9 Å². The van der Waals surface area contributed by atoms with Crippen LogP contribution in [0.5, 0.6) is 0 Å². The van der Waals surface area contributed by atoms with E-state index in [2.05, 4.69) is 10.3 Å². The molecule has 3 aromatic rings. The summed E-state index contributed by atoms with van der Waals surface area (Å²) in [6.07, 6.45) is 0. The summed E-state index contributed by atoms with van der Waals surface area (Å²) in [5.41, 5.74) is 7.77. The Bertz CT molecular complexity index is 844. The lowest BCUT2D eigenvalue weighted by atomic mass is 10.2. The number of amides is 1. The van der Waals surface area contributed by atoms with E-state index in [1.165, 1.54) is 17.4 Å². The van der Waals surface area contributed by atoms with Gasteiger partial charge in [-0.25, -0.2) is 9.37 Å². The van der Waals surface area contributed by atoms with Crippen molar-refractivity contribution in [1.29, 1.82) is 0 Å². The average molecular weight is 301 g/mol. The highest BCUT2D eigenvalue weighted by atomic mass is 32.1. The highest BCUT2D eigenvalue weighted by Gasteiger charge is 2.11. The number of nitrogens with two attached hydrogens (primary N) is 1. The number of hydrogen-bond donors (Lipinski definition) is 2. The lowest BCUT2D eigenvalue weighted by Gasteiger charge is -2.07. The van der Waals surface area contributed by atoms with Crippen molar-refractivity contribution < 1.29 is 9.18 Å². The molecule has 0 saturated heterocycles. The van der Waals surface area contributed by atoms with Crippen LogP contribution in [0.25, 0.3) is 10.2 Å². The number of rotatable bonds is 2.